The van der Waals surface area contributed by atoms with Crippen LogP contribution in [0.1, 0.15) is 33.6 Å². The molecule has 0 unspecified atom stereocenters. The number of esters is 1. The van der Waals surface area contributed by atoms with Crippen molar-refractivity contribution in [2.45, 2.75) is 39.2 Å². The molecule has 1 saturated heterocycles. The second-order valence-electron chi connectivity index (χ2n) is 4.82. The van der Waals surface area contributed by atoms with Gasteiger partial charge in [-0.15, -0.1) is 0 Å². The molecule has 0 spiro atoms. The van der Waals surface area contributed by atoms with E-state index in [1.807, 2.05) is 26.8 Å². The fourth-order valence-electron chi connectivity index (χ4n) is 1.78. The minimum atomic E-state index is -0.339. The summed E-state index contributed by atoms with van der Waals surface area (Å²) in [4.78, 5) is 11.5. The van der Waals surface area contributed by atoms with E-state index in [1.54, 1.807) is 0 Å². The SMILES string of the molecule is C/C(=C/C[C@@H]1CC(C)(C)OC1=O)NNC(N)=S. The molecule has 6 heteroatoms. The van der Waals surface area contributed by atoms with Gasteiger partial charge in [-0.25, -0.2) is 0 Å². The average molecular weight is 257 g/mol. The summed E-state index contributed by atoms with van der Waals surface area (Å²) in [6.45, 7) is 5.72. The molecule has 1 aliphatic heterocycles. The molecule has 0 aromatic rings. The van der Waals surface area contributed by atoms with E-state index in [-0.39, 0.29) is 22.6 Å². The van der Waals surface area contributed by atoms with Crippen molar-refractivity contribution in [1.82, 2.24) is 10.9 Å². The van der Waals surface area contributed by atoms with Crippen LogP contribution in [0.2, 0.25) is 0 Å². The number of allylic oxidation sites excluding steroid dienone is 2. The Balaban J connectivity index is 2.42. The second kappa shape index (κ2) is 5.35. The lowest BCUT2D eigenvalue weighted by atomic mass is 9.95. The standard InChI is InChI=1S/C11H19N3O2S/c1-7(13-14-10(12)17)4-5-8-6-11(2,3)16-9(8)15/h4,8,13H,5-6H2,1-3H3,(H3,12,14,17)/b7-4-/t8-/m1/s1. The highest BCUT2D eigenvalue weighted by Crippen LogP contribution is 2.32. The molecule has 0 aliphatic carbocycles. The van der Waals surface area contributed by atoms with E-state index < -0.39 is 0 Å². The molecule has 96 valence electrons. The molecule has 1 rings (SSSR count). The molecule has 5 nitrogen and oxygen atoms in total. The van der Waals surface area contributed by atoms with Gasteiger partial charge in [0.15, 0.2) is 5.11 Å². The molecule has 0 radical (unpaired) electrons. The topological polar surface area (TPSA) is 76.4 Å². The van der Waals surface area contributed by atoms with Crippen molar-refractivity contribution in [3.05, 3.63) is 11.8 Å². The highest BCUT2D eigenvalue weighted by molar-refractivity contribution is 7.80. The van der Waals surface area contributed by atoms with Crippen LogP contribution in [0.5, 0.6) is 0 Å². The Morgan fingerprint density at radius 3 is 2.76 bits per heavy atom. The fourth-order valence-corrected chi connectivity index (χ4v) is 1.83. The maximum atomic E-state index is 11.5. The lowest BCUT2D eigenvalue weighted by Gasteiger charge is -2.14. The molecular formula is C11H19N3O2S. The van der Waals surface area contributed by atoms with Gasteiger partial charge >= 0.3 is 5.97 Å². The Bertz CT molecular complexity index is 353. The van der Waals surface area contributed by atoms with Crippen LogP contribution < -0.4 is 16.6 Å². The summed E-state index contributed by atoms with van der Waals surface area (Å²) in [5, 5.41) is 0.180. The van der Waals surface area contributed by atoms with Gasteiger partial charge in [0.25, 0.3) is 0 Å². The zero-order valence-corrected chi connectivity index (χ0v) is 11.2. The van der Waals surface area contributed by atoms with Crippen LogP contribution >= 0.6 is 12.2 Å². The fraction of sp³-hybridized carbons (Fsp3) is 0.636. The number of nitrogens with one attached hydrogen (secondary N) is 2. The van der Waals surface area contributed by atoms with Crippen molar-refractivity contribution >= 4 is 23.3 Å². The van der Waals surface area contributed by atoms with Crippen molar-refractivity contribution in [3.63, 3.8) is 0 Å². The summed E-state index contributed by atoms with van der Waals surface area (Å²) < 4.78 is 5.25. The van der Waals surface area contributed by atoms with Crippen molar-refractivity contribution in [3.8, 4) is 0 Å². The number of ether oxygens (including phenoxy) is 1. The van der Waals surface area contributed by atoms with E-state index in [4.69, 9.17) is 10.5 Å². The maximum absolute atomic E-state index is 11.5. The number of rotatable bonds is 4. The van der Waals surface area contributed by atoms with Crippen molar-refractivity contribution < 1.29 is 9.53 Å². The Morgan fingerprint density at radius 2 is 2.29 bits per heavy atom. The molecule has 1 heterocycles. The molecule has 1 fully saturated rings. The predicted octanol–water partition coefficient (Wildman–Crippen LogP) is 0.960. The minimum Gasteiger partial charge on any atom is -0.459 e. The summed E-state index contributed by atoms with van der Waals surface area (Å²) in [5.41, 5.74) is 11.3. The van der Waals surface area contributed by atoms with Crippen molar-refractivity contribution in [1.29, 1.82) is 0 Å². The first-order valence-corrected chi connectivity index (χ1v) is 5.92. The van der Waals surface area contributed by atoms with Crippen LogP contribution in [-0.2, 0) is 9.53 Å². The lowest BCUT2D eigenvalue weighted by Crippen LogP contribution is -2.39. The van der Waals surface area contributed by atoms with E-state index in [2.05, 4.69) is 23.1 Å². The molecule has 1 atom stereocenters. The third-order valence-electron chi connectivity index (χ3n) is 2.54. The highest BCUT2D eigenvalue weighted by Gasteiger charge is 2.39. The lowest BCUT2D eigenvalue weighted by molar-refractivity contribution is -0.148. The first-order valence-electron chi connectivity index (χ1n) is 5.51. The number of hydrogen-bond acceptors (Lipinski definition) is 4. The number of nitrogens with two attached hydrogens (primary N) is 1. The smallest absolute Gasteiger partial charge is 0.309 e. The van der Waals surface area contributed by atoms with Gasteiger partial charge in [0, 0.05) is 12.1 Å². The number of thiocarbonyl (C=S) groups is 1. The van der Waals surface area contributed by atoms with E-state index in [1.165, 1.54) is 0 Å². The van der Waals surface area contributed by atoms with Crippen molar-refractivity contribution in [2.75, 3.05) is 0 Å². The number of hydrazine groups is 1. The number of carbonyl (C=O) groups is 1. The maximum Gasteiger partial charge on any atom is 0.309 e. The average Bonchev–Trinajstić information content (AvgIpc) is 2.45. The largest absolute Gasteiger partial charge is 0.459 e. The van der Waals surface area contributed by atoms with Crippen LogP contribution in [0.3, 0.4) is 0 Å². The Hall–Kier alpha value is -1.30. The molecule has 0 aromatic heterocycles. The van der Waals surface area contributed by atoms with Crippen LogP contribution in [0.25, 0.3) is 0 Å². The first kappa shape index (κ1) is 13.8. The normalized spacial score (nSPS) is 23.1. The van der Waals surface area contributed by atoms with E-state index in [0.717, 1.165) is 12.1 Å². The summed E-state index contributed by atoms with van der Waals surface area (Å²) in [6, 6.07) is 0. The molecule has 0 saturated carbocycles. The monoisotopic (exact) mass is 257 g/mol. The van der Waals surface area contributed by atoms with Gasteiger partial charge in [-0.3, -0.25) is 10.2 Å². The van der Waals surface area contributed by atoms with Crippen LogP contribution in [0.4, 0.5) is 0 Å². The van der Waals surface area contributed by atoms with Crippen LogP contribution in [0, 0.1) is 5.92 Å². The second-order valence-corrected chi connectivity index (χ2v) is 5.26. The molecule has 0 aromatic carbocycles. The Morgan fingerprint density at radius 1 is 1.65 bits per heavy atom. The Kier molecular flexibility index (Phi) is 4.34. The molecule has 0 amide bonds. The summed E-state index contributed by atoms with van der Waals surface area (Å²) in [5.74, 6) is -0.187. The van der Waals surface area contributed by atoms with Gasteiger partial charge in [-0.05, 0) is 39.4 Å². The van der Waals surface area contributed by atoms with Crippen LogP contribution in [0.15, 0.2) is 11.8 Å². The summed E-state index contributed by atoms with van der Waals surface area (Å²) >= 11 is 4.66. The molecule has 1 aliphatic rings. The number of carbonyl (C=O) groups excluding carboxylic acids is 1. The highest BCUT2D eigenvalue weighted by atomic mass is 32.1. The van der Waals surface area contributed by atoms with Crippen molar-refractivity contribution in [2.24, 2.45) is 11.7 Å². The van der Waals surface area contributed by atoms with E-state index in [9.17, 15) is 4.79 Å². The molecule has 4 N–H and O–H groups in total. The zero-order valence-electron chi connectivity index (χ0n) is 10.4. The number of hydrogen-bond donors (Lipinski definition) is 3. The molecule has 17 heavy (non-hydrogen) atoms. The summed E-state index contributed by atoms with van der Waals surface area (Å²) in [6.07, 6.45) is 3.33. The van der Waals surface area contributed by atoms with E-state index in [0.29, 0.717) is 6.42 Å². The first-order chi connectivity index (χ1) is 7.80. The summed E-state index contributed by atoms with van der Waals surface area (Å²) in [7, 11) is 0. The minimum absolute atomic E-state index is 0.0634. The van der Waals surface area contributed by atoms with Gasteiger partial charge in [0.1, 0.15) is 5.60 Å². The predicted molar refractivity (Wildman–Crippen MR) is 69.7 cm³/mol. The quantitative estimate of drug-likeness (QED) is 0.396. The molecular weight excluding hydrogens is 238 g/mol. The van der Waals surface area contributed by atoms with Gasteiger partial charge in [-0.1, -0.05) is 6.08 Å². The van der Waals surface area contributed by atoms with E-state index >= 15 is 0 Å². The third kappa shape index (κ3) is 4.60. The number of cyclic esters (lactones) is 1. The third-order valence-corrected chi connectivity index (χ3v) is 2.64. The Labute approximate surface area is 107 Å². The van der Waals surface area contributed by atoms with Crippen LogP contribution in [-0.4, -0.2) is 16.7 Å². The van der Waals surface area contributed by atoms with Gasteiger partial charge in [-0.2, -0.15) is 0 Å². The van der Waals surface area contributed by atoms with Gasteiger partial charge in [0.2, 0.25) is 0 Å². The zero-order chi connectivity index (χ0) is 13.1. The van der Waals surface area contributed by atoms with Gasteiger partial charge in [0.05, 0.1) is 5.92 Å². The molecule has 0 bridgehead atoms. The van der Waals surface area contributed by atoms with Gasteiger partial charge < -0.3 is 15.9 Å².